The van der Waals surface area contributed by atoms with Gasteiger partial charge in [0.1, 0.15) is 5.52 Å². The van der Waals surface area contributed by atoms with Gasteiger partial charge in [0.25, 0.3) is 6.01 Å². The molecule has 0 radical (unpaired) electrons. The molecule has 1 N–H and O–H groups in total. The summed E-state index contributed by atoms with van der Waals surface area (Å²) in [5.74, 6) is 0. The summed E-state index contributed by atoms with van der Waals surface area (Å²) in [5.41, 5.74) is 2.51. The molecule has 0 saturated heterocycles. The van der Waals surface area contributed by atoms with Crippen LogP contribution in [0.1, 0.15) is 32.7 Å². The van der Waals surface area contributed by atoms with Gasteiger partial charge in [-0.2, -0.15) is 4.98 Å². The summed E-state index contributed by atoms with van der Waals surface area (Å²) in [4.78, 5) is 12.8. The number of fused-ring (bicyclic) bond motifs is 1. The van der Waals surface area contributed by atoms with E-state index in [4.69, 9.17) is 23.2 Å². The van der Waals surface area contributed by atoms with Crippen LogP contribution < -0.4 is 0 Å². The van der Waals surface area contributed by atoms with E-state index in [0.29, 0.717) is 32.5 Å². The first-order chi connectivity index (χ1) is 11.1. The van der Waals surface area contributed by atoms with Crippen molar-refractivity contribution in [1.29, 1.82) is 0 Å². The second-order valence-electron chi connectivity index (χ2n) is 5.27. The van der Waals surface area contributed by atoms with Crippen molar-refractivity contribution in [1.82, 2.24) is 19.5 Å². The molecule has 7 heteroatoms. The van der Waals surface area contributed by atoms with E-state index < -0.39 is 0 Å². The molecule has 3 rings (SSSR count). The maximum atomic E-state index is 10.3. The second kappa shape index (κ2) is 6.34. The lowest BCUT2D eigenvalue weighted by Gasteiger charge is -2.18. The average Bonchev–Trinajstić information content (AvgIpc) is 2.87. The smallest absolute Gasteiger partial charge is 0.296 e. The SMILES string of the molecule is CCC(CC)n1c(O)nc2ncc(Cl)c(-c3ccc(Cl)cn3)c21. The molecule has 0 amide bonds. The minimum absolute atomic E-state index is 0.0568. The van der Waals surface area contributed by atoms with E-state index in [1.165, 1.54) is 6.20 Å². The van der Waals surface area contributed by atoms with Crippen molar-refractivity contribution < 1.29 is 5.11 Å². The van der Waals surface area contributed by atoms with Crippen LogP contribution in [0.25, 0.3) is 22.4 Å². The molecule has 5 nitrogen and oxygen atoms in total. The monoisotopic (exact) mass is 350 g/mol. The Morgan fingerprint density at radius 2 is 1.87 bits per heavy atom. The molecule has 3 aromatic heterocycles. The fourth-order valence-corrected chi connectivity index (χ4v) is 3.14. The minimum Gasteiger partial charge on any atom is -0.480 e. The Bertz CT molecular complexity index is 841. The molecule has 0 aliphatic rings. The molecule has 0 bridgehead atoms. The number of hydrogen-bond donors (Lipinski definition) is 1. The second-order valence-corrected chi connectivity index (χ2v) is 6.11. The van der Waals surface area contributed by atoms with Gasteiger partial charge in [0.15, 0.2) is 5.65 Å². The van der Waals surface area contributed by atoms with Gasteiger partial charge in [-0.15, -0.1) is 0 Å². The van der Waals surface area contributed by atoms with Gasteiger partial charge in [0, 0.05) is 24.0 Å². The Kier molecular flexibility index (Phi) is 4.41. The van der Waals surface area contributed by atoms with Crippen LogP contribution in [0.4, 0.5) is 0 Å². The Labute approximate surface area is 143 Å². The van der Waals surface area contributed by atoms with Gasteiger partial charge in [-0.05, 0) is 25.0 Å². The number of aromatic hydroxyl groups is 1. The van der Waals surface area contributed by atoms with E-state index in [1.54, 1.807) is 22.9 Å². The molecule has 0 aliphatic carbocycles. The maximum absolute atomic E-state index is 10.3. The molecule has 0 unspecified atom stereocenters. The number of imidazole rings is 1. The molecule has 0 fully saturated rings. The maximum Gasteiger partial charge on any atom is 0.296 e. The molecule has 3 heterocycles. The summed E-state index contributed by atoms with van der Waals surface area (Å²) in [6, 6.07) is 3.60. The molecule has 3 aromatic rings. The van der Waals surface area contributed by atoms with Gasteiger partial charge < -0.3 is 5.11 Å². The molecule has 0 atom stereocenters. The Morgan fingerprint density at radius 1 is 1.13 bits per heavy atom. The zero-order valence-corrected chi connectivity index (χ0v) is 14.3. The normalized spacial score (nSPS) is 11.5. The highest BCUT2D eigenvalue weighted by molar-refractivity contribution is 6.34. The fourth-order valence-electron chi connectivity index (χ4n) is 2.79. The van der Waals surface area contributed by atoms with E-state index in [-0.39, 0.29) is 12.1 Å². The van der Waals surface area contributed by atoms with Crippen molar-refractivity contribution in [2.24, 2.45) is 0 Å². The summed E-state index contributed by atoms with van der Waals surface area (Å²) < 4.78 is 1.79. The first-order valence-corrected chi connectivity index (χ1v) is 8.19. The number of aromatic nitrogens is 4. The zero-order valence-electron chi connectivity index (χ0n) is 12.8. The molecule has 120 valence electrons. The van der Waals surface area contributed by atoms with Crippen molar-refractivity contribution in [2.45, 2.75) is 32.7 Å². The van der Waals surface area contributed by atoms with Crippen LogP contribution in [0.3, 0.4) is 0 Å². The molecular weight excluding hydrogens is 335 g/mol. The van der Waals surface area contributed by atoms with Crippen LogP contribution in [0.2, 0.25) is 10.0 Å². The quantitative estimate of drug-likeness (QED) is 0.729. The average molecular weight is 351 g/mol. The standard InChI is InChI=1S/C16H16Cl2N4O/c1-3-10(4-2)22-14-13(12-6-5-9(17)7-19-12)11(18)8-20-15(14)21-16(22)23/h5-8,10H,3-4H2,1-2H3,(H,20,21,23). The molecular formula is C16H16Cl2N4O. The highest BCUT2D eigenvalue weighted by Gasteiger charge is 2.23. The number of hydrogen-bond acceptors (Lipinski definition) is 4. The fraction of sp³-hybridized carbons (Fsp3) is 0.312. The van der Waals surface area contributed by atoms with Gasteiger partial charge in [0.2, 0.25) is 0 Å². The largest absolute Gasteiger partial charge is 0.480 e. The Morgan fingerprint density at radius 3 is 2.48 bits per heavy atom. The van der Waals surface area contributed by atoms with Gasteiger partial charge in [-0.25, -0.2) is 4.98 Å². The van der Waals surface area contributed by atoms with E-state index in [2.05, 4.69) is 28.8 Å². The van der Waals surface area contributed by atoms with Gasteiger partial charge in [-0.1, -0.05) is 37.0 Å². The zero-order chi connectivity index (χ0) is 16.6. The van der Waals surface area contributed by atoms with Gasteiger partial charge >= 0.3 is 0 Å². The van der Waals surface area contributed by atoms with Gasteiger partial charge in [-0.3, -0.25) is 9.55 Å². The van der Waals surface area contributed by atoms with Crippen molar-refractivity contribution in [2.75, 3.05) is 0 Å². The van der Waals surface area contributed by atoms with Crippen LogP contribution in [-0.2, 0) is 0 Å². The highest BCUT2D eigenvalue weighted by atomic mass is 35.5. The number of rotatable bonds is 4. The van der Waals surface area contributed by atoms with E-state index in [1.807, 2.05) is 0 Å². The first kappa shape index (κ1) is 16.0. The van der Waals surface area contributed by atoms with Crippen LogP contribution in [0.5, 0.6) is 6.01 Å². The summed E-state index contributed by atoms with van der Waals surface area (Å²) in [7, 11) is 0. The van der Waals surface area contributed by atoms with Crippen LogP contribution in [0, 0.1) is 0 Å². The van der Waals surface area contributed by atoms with E-state index in [9.17, 15) is 5.11 Å². The lowest BCUT2D eigenvalue weighted by Crippen LogP contribution is -2.07. The molecule has 0 spiro atoms. The third kappa shape index (κ3) is 2.75. The van der Waals surface area contributed by atoms with Crippen molar-refractivity contribution >= 4 is 34.4 Å². The summed E-state index contributed by atoms with van der Waals surface area (Å²) >= 11 is 12.3. The predicted molar refractivity (Wildman–Crippen MR) is 92.1 cm³/mol. The van der Waals surface area contributed by atoms with Crippen molar-refractivity contribution in [3.05, 3.63) is 34.6 Å². The summed E-state index contributed by atoms with van der Waals surface area (Å²) in [6.07, 6.45) is 4.81. The molecule has 0 aromatic carbocycles. The number of pyridine rings is 2. The van der Waals surface area contributed by atoms with E-state index in [0.717, 1.165) is 12.8 Å². The summed E-state index contributed by atoms with van der Waals surface area (Å²) in [6.45, 7) is 4.13. The van der Waals surface area contributed by atoms with Crippen LogP contribution >= 0.6 is 23.2 Å². The van der Waals surface area contributed by atoms with Crippen LogP contribution in [0.15, 0.2) is 24.5 Å². The number of nitrogens with zero attached hydrogens (tertiary/aromatic N) is 4. The third-order valence-electron chi connectivity index (χ3n) is 3.94. The lowest BCUT2D eigenvalue weighted by molar-refractivity contribution is 0.362. The third-order valence-corrected chi connectivity index (χ3v) is 4.45. The molecule has 0 aliphatic heterocycles. The number of halogens is 2. The topological polar surface area (TPSA) is 63.8 Å². The predicted octanol–water partition coefficient (Wildman–Crippen LogP) is 4.87. The van der Waals surface area contributed by atoms with Crippen molar-refractivity contribution in [3.8, 4) is 17.3 Å². The van der Waals surface area contributed by atoms with Crippen molar-refractivity contribution in [3.63, 3.8) is 0 Å². The van der Waals surface area contributed by atoms with E-state index >= 15 is 0 Å². The first-order valence-electron chi connectivity index (χ1n) is 7.44. The highest BCUT2D eigenvalue weighted by Crippen LogP contribution is 2.38. The molecule has 23 heavy (non-hydrogen) atoms. The Hall–Kier alpha value is -1.85. The minimum atomic E-state index is -0.0568. The molecule has 0 saturated carbocycles. The van der Waals surface area contributed by atoms with Gasteiger partial charge in [0.05, 0.1) is 15.7 Å². The Balaban J connectivity index is 2.36. The van der Waals surface area contributed by atoms with Crippen LogP contribution in [-0.4, -0.2) is 24.6 Å². The summed E-state index contributed by atoms with van der Waals surface area (Å²) in [5, 5.41) is 11.3. The lowest BCUT2D eigenvalue weighted by atomic mass is 10.1.